The van der Waals surface area contributed by atoms with Crippen molar-refractivity contribution in [1.29, 1.82) is 0 Å². The highest BCUT2D eigenvalue weighted by Crippen LogP contribution is 2.35. The van der Waals surface area contributed by atoms with Crippen molar-refractivity contribution >= 4 is 80.6 Å². The van der Waals surface area contributed by atoms with E-state index in [0.29, 0.717) is 40.1 Å². The van der Waals surface area contributed by atoms with Gasteiger partial charge in [-0.1, -0.05) is 24.3 Å². The molecule has 45 heavy (non-hydrogen) atoms. The Morgan fingerprint density at radius 2 is 1.84 bits per heavy atom. The van der Waals surface area contributed by atoms with E-state index in [1.807, 2.05) is 36.4 Å². The van der Waals surface area contributed by atoms with Crippen LogP contribution in [0.15, 0.2) is 71.0 Å². The van der Waals surface area contributed by atoms with Gasteiger partial charge in [0.15, 0.2) is 23.2 Å². The summed E-state index contributed by atoms with van der Waals surface area (Å²) in [5.41, 5.74) is 5.83. The van der Waals surface area contributed by atoms with E-state index >= 15 is 0 Å². The lowest BCUT2D eigenvalue weighted by atomic mass is 9.95. The molecule has 0 radical (unpaired) electrons. The lowest BCUT2D eigenvalue weighted by Gasteiger charge is -2.30. The maximum absolute atomic E-state index is 12.8. The predicted molar refractivity (Wildman–Crippen MR) is 187 cm³/mol. The first-order valence-corrected chi connectivity index (χ1v) is 16.3. The van der Waals surface area contributed by atoms with Crippen LogP contribution in [0.4, 0.5) is 0 Å². The zero-order chi connectivity index (χ0) is 31.9. The van der Waals surface area contributed by atoms with Gasteiger partial charge < -0.3 is 34.3 Å². The number of hydrogen-bond acceptors (Lipinski definition) is 9. The number of hydrazone groups is 1. The Morgan fingerprint density at radius 3 is 2.62 bits per heavy atom. The molecule has 2 aliphatic rings. The van der Waals surface area contributed by atoms with Crippen LogP contribution in [0.3, 0.4) is 0 Å². The van der Waals surface area contributed by atoms with Crippen LogP contribution < -0.4 is 35.0 Å². The summed E-state index contributed by atoms with van der Waals surface area (Å²) in [6, 6.07) is 16.0. The van der Waals surface area contributed by atoms with Crippen molar-refractivity contribution < 1.29 is 33.3 Å². The van der Waals surface area contributed by atoms with Crippen molar-refractivity contribution in [1.82, 2.24) is 16.1 Å². The Labute approximate surface area is 292 Å². The van der Waals surface area contributed by atoms with E-state index in [9.17, 15) is 9.59 Å². The fourth-order valence-electron chi connectivity index (χ4n) is 4.59. The number of rotatable bonds is 11. The molecule has 1 amide bonds. The van der Waals surface area contributed by atoms with E-state index in [-0.39, 0.29) is 20.0 Å². The quantitative estimate of drug-likeness (QED) is 0.0790. The van der Waals surface area contributed by atoms with Gasteiger partial charge in [0.1, 0.15) is 18.1 Å². The average Bonchev–Trinajstić information content (AvgIpc) is 3.47. The summed E-state index contributed by atoms with van der Waals surface area (Å²) in [7, 11) is 0. The van der Waals surface area contributed by atoms with E-state index in [4.69, 9.17) is 35.9 Å². The van der Waals surface area contributed by atoms with Crippen LogP contribution in [-0.4, -0.2) is 43.2 Å². The lowest BCUT2D eigenvalue weighted by Crippen LogP contribution is -2.45. The van der Waals surface area contributed by atoms with Crippen LogP contribution >= 0.6 is 57.4 Å². The van der Waals surface area contributed by atoms with Gasteiger partial charge in [-0.15, -0.1) is 0 Å². The number of para-hydroxylation sites is 1. The molecule has 234 valence electrons. The zero-order valence-corrected chi connectivity index (χ0v) is 29.3. The fourth-order valence-corrected chi connectivity index (χ4v) is 6.99. The second kappa shape index (κ2) is 15.1. The van der Waals surface area contributed by atoms with Crippen LogP contribution in [-0.2, 0) is 20.9 Å². The van der Waals surface area contributed by atoms with Crippen molar-refractivity contribution in [3.05, 3.63) is 89.7 Å². The van der Waals surface area contributed by atoms with Crippen LogP contribution in [0.1, 0.15) is 36.6 Å². The van der Waals surface area contributed by atoms with Crippen molar-refractivity contribution in [3.8, 4) is 23.0 Å². The highest BCUT2D eigenvalue weighted by Gasteiger charge is 2.32. The molecule has 0 aromatic heterocycles. The van der Waals surface area contributed by atoms with Crippen molar-refractivity contribution in [2.45, 2.75) is 26.5 Å². The number of esters is 1. The Bertz CT molecular complexity index is 1680. The second-order valence-corrected chi connectivity index (χ2v) is 12.4. The molecule has 5 rings (SSSR count). The lowest BCUT2D eigenvalue weighted by molar-refractivity contribution is -0.139. The molecule has 0 bridgehead atoms. The largest absolute Gasteiger partial charge is 0.487 e. The number of carbonyl (C=O) groups excluding carboxylic acids is 2. The second-order valence-electron chi connectivity index (χ2n) is 9.70. The number of halogens is 2. The van der Waals surface area contributed by atoms with Gasteiger partial charge in [0.2, 0.25) is 6.79 Å². The monoisotopic (exact) mass is 854 g/mol. The molecule has 2 aliphatic heterocycles. The molecule has 0 saturated heterocycles. The summed E-state index contributed by atoms with van der Waals surface area (Å²) < 4.78 is 29.8. The first-order valence-electron chi connectivity index (χ1n) is 13.7. The van der Waals surface area contributed by atoms with Crippen LogP contribution in [0, 0.1) is 7.14 Å². The van der Waals surface area contributed by atoms with Crippen LogP contribution in [0.2, 0.25) is 0 Å². The van der Waals surface area contributed by atoms with Crippen LogP contribution in [0.25, 0.3) is 0 Å². The third-order valence-electron chi connectivity index (χ3n) is 6.60. The Kier molecular flexibility index (Phi) is 11.0. The number of thiocarbonyl (C=S) groups is 1. The first kappa shape index (κ1) is 32.7. The Hall–Kier alpha value is -3.64. The predicted octanol–water partition coefficient (Wildman–Crippen LogP) is 5.09. The molecule has 3 aromatic carbocycles. The molecule has 0 saturated carbocycles. The highest BCUT2D eigenvalue weighted by atomic mass is 127. The van der Waals surface area contributed by atoms with Gasteiger partial charge in [-0.3, -0.25) is 4.79 Å². The van der Waals surface area contributed by atoms with E-state index in [1.54, 1.807) is 38.3 Å². The molecular weight excluding hydrogens is 826 g/mol. The molecule has 3 N–H and O–H groups in total. The molecule has 0 fully saturated rings. The summed E-state index contributed by atoms with van der Waals surface area (Å²) in [6.07, 6.45) is 1.55. The zero-order valence-electron chi connectivity index (χ0n) is 24.1. The number of allylic oxidation sites excluding steroid dienone is 1. The third kappa shape index (κ3) is 8.15. The molecule has 0 unspecified atom stereocenters. The first-order chi connectivity index (χ1) is 21.7. The van der Waals surface area contributed by atoms with Gasteiger partial charge in [-0.05, 0) is 113 Å². The van der Waals surface area contributed by atoms with E-state index in [1.165, 1.54) is 0 Å². The minimum Gasteiger partial charge on any atom is -0.487 e. The number of ether oxygens (including phenoxy) is 5. The Balaban J connectivity index is 1.18. The molecule has 1 atom stereocenters. The van der Waals surface area contributed by atoms with Crippen molar-refractivity contribution in [3.63, 3.8) is 0 Å². The topological polar surface area (TPSA) is 129 Å². The molecular formula is C31H28I2N4O7S. The summed E-state index contributed by atoms with van der Waals surface area (Å²) in [5, 5.41) is 10.5. The molecule has 0 aliphatic carbocycles. The number of fused-ring (bicyclic) bond motifs is 1. The van der Waals surface area contributed by atoms with Gasteiger partial charge in [-0.25, -0.2) is 10.2 Å². The summed E-state index contributed by atoms with van der Waals surface area (Å²) in [6.45, 7) is 4.01. The van der Waals surface area contributed by atoms with Gasteiger partial charge in [-0.2, -0.15) is 5.10 Å². The normalized spacial score (nSPS) is 15.4. The SMILES string of the molecule is CCOC(=O)C1=C(C)NC(=S)N[C@H]1c1ccccc1OCC(=O)NN=Cc1cc(I)c(OCc2ccc3c(c2)OCO3)c(I)c1. The van der Waals surface area contributed by atoms with Gasteiger partial charge in [0.25, 0.3) is 5.91 Å². The van der Waals surface area contributed by atoms with E-state index in [2.05, 4.69) is 66.3 Å². The standard InChI is InChI=1S/C31H28I2N4O7S/c1-3-40-30(39)27-17(2)35-31(45)36-28(27)20-6-4-5-7-23(20)41-15-26(38)37-34-13-19-10-21(32)29(22(33)11-19)42-14-18-8-9-24-25(12-18)44-16-43-24/h4-13,28H,3,14-16H2,1-2H3,(H,37,38)(H2,35,36,45)/t28-/m0/s1. The van der Waals surface area contributed by atoms with Crippen LogP contribution in [0.5, 0.6) is 23.0 Å². The van der Waals surface area contributed by atoms with E-state index < -0.39 is 17.9 Å². The van der Waals surface area contributed by atoms with Gasteiger partial charge >= 0.3 is 5.97 Å². The van der Waals surface area contributed by atoms with Crippen molar-refractivity contribution in [2.75, 3.05) is 20.0 Å². The highest BCUT2D eigenvalue weighted by molar-refractivity contribution is 14.1. The number of amides is 1. The third-order valence-corrected chi connectivity index (χ3v) is 8.42. The van der Waals surface area contributed by atoms with Crippen molar-refractivity contribution in [2.24, 2.45) is 5.10 Å². The molecule has 3 aromatic rings. The number of nitrogens with one attached hydrogen (secondary N) is 3. The minimum atomic E-state index is -0.621. The molecule has 2 heterocycles. The number of carbonyl (C=O) groups is 2. The summed E-state index contributed by atoms with van der Waals surface area (Å²) in [4.78, 5) is 25.4. The fraction of sp³-hybridized carbons (Fsp3) is 0.226. The summed E-state index contributed by atoms with van der Waals surface area (Å²) in [5.74, 6) is 1.67. The maximum atomic E-state index is 12.8. The minimum absolute atomic E-state index is 0.225. The number of nitrogens with zero attached hydrogens (tertiary/aromatic N) is 1. The molecule has 14 heteroatoms. The molecule has 0 spiro atoms. The van der Waals surface area contributed by atoms with Gasteiger partial charge in [0.05, 0.1) is 31.6 Å². The number of benzene rings is 3. The van der Waals surface area contributed by atoms with E-state index in [0.717, 1.165) is 29.8 Å². The number of hydrogen-bond donors (Lipinski definition) is 3. The average molecular weight is 854 g/mol. The maximum Gasteiger partial charge on any atom is 0.338 e. The molecule has 11 nitrogen and oxygen atoms in total. The smallest absolute Gasteiger partial charge is 0.338 e. The summed E-state index contributed by atoms with van der Waals surface area (Å²) >= 11 is 9.75. The van der Waals surface area contributed by atoms with Gasteiger partial charge in [0, 0.05) is 11.3 Å². The Morgan fingerprint density at radius 1 is 1.09 bits per heavy atom.